The SMILES string of the molecule is O=C1N2[C@@H](CC[C@H]2c2cncc(F)c2)OC12CCC(OCc1ccccc1)CC2. The fraction of sp³-hybridized carbons (Fsp3) is 0.478. The van der Waals surface area contributed by atoms with Gasteiger partial charge in [0, 0.05) is 6.20 Å². The molecule has 1 spiro atoms. The van der Waals surface area contributed by atoms with E-state index in [0.717, 1.165) is 36.8 Å². The number of rotatable bonds is 4. The maximum Gasteiger partial charge on any atom is 0.257 e. The second kappa shape index (κ2) is 7.50. The molecule has 152 valence electrons. The Kier molecular flexibility index (Phi) is 4.84. The summed E-state index contributed by atoms with van der Waals surface area (Å²) in [7, 11) is 0. The van der Waals surface area contributed by atoms with Gasteiger partial charge in [0.2, 0.25) is 0 Å². The Bertz CT molecular complexity index is 883. The standard InChI is InChI=1S/C23H25FN2O3/c24-18-12-17(13-25-14-18)20-6-7-21-26(20)22(27)23(29-21)10-8-19(9-11-23)28-15-16-4-2-1-3-5-16/h1-5,12-14,19-21H,6-11,15H2/t19?,20-,21+,23?/m0/s1. The number of pyridine rings is 1. The van der Waals surface area contributed by atoms with E-state index in [-0.39, 0.29) is 30.1 Å². The summed E-state index contributed by atoms with van der Waals surface area (Å²) in [5.74, 6) is -0.319. The first-order chi connectivity index (χ1) is 14.1. The first kappa shape index (κ1) is 18.7. The van der Waals surface area contributed by atoms with E-state index >= 15 is 0 Å². The number of hydrogen-bond acceptors (Lipinski definition) is 4. The van der Waals surface area contributed by atoms with Crippen molar-refractivity contribution in [3.63, 3.8) is 0 Å². The highest BCUT2D eigenvalue weighted by Gasteiger charge is 2.58. The van der Waals surface area contributed by atoms with Crippen LogP contribution in [0.3, 0.4) is 0 Å². The van der Waals surface area contributed by atoms with Crippen LogP contribution in [-0.2, 0) is 20.9 Å². The van der Waals surface area contributed by atoms with Crippen molar-refractivity contribution in [1.82, 2.24) is 9.88 Å². The van der Waals surface area contributed by atoms with Gasteiger partial charge in [0.05, 0.1) is 24.9 Å². The minimum atomic E-state index is -0.739. The number of amides is 1. The Morgan fingerprint density at radius 3 is 2.69 bits per heavy atom. The van der Waals surface area contributed by atoms with Gasteiger partial charge in [-0.05, 0) is 55.7 Å². The molecular formula is C23H25FN2O3. The van der Waals surface area contributed by atoms with Crippen LogP contribution in [0.5, 0.6) is 0 Å². The quantitative estimate of drug-likeness (QED) is 0.780. The smallest absolute Gasteiger partial charge is 0.257 e. The van der Waals surface area contributed by atoms with Crippen molar-refractivity contribution in [1.29, 1.82) is 0 Å². The molecule has 2 atom stereocenters. The van der Waals surface area contributed by atoms with E-state index in [1.54, 1.807) is 6.20 Å². The summed E-state index contributed by atoms with van der Waals surface area (Å²) in [6.07, 6.45) is 7.31. The molecule has 3 aliphatic rings. The summed E-state index contributed by atoms with van der Waals surface area (Å²) < 4.78 is 26.0. The zero-order chi connectivity index (χ0) is 19.8. The van der Waals surface area contributed by atoms with Crippen molar-refractivity contribution in [2.24, 2.45) is 0 Å². The number of hydrogen-bond donors (Lipinski definition) is 0. The summed E-state index contributed by atoms with van der Waals surface area (Å²) in [5, 5.41) is 0. The third-order valence-electron chi connectivity index (χ3n) is 6.50. The van der Waals surface area contributed by atoms with Gasteiger partial charge in [0.15, 0.2) is 0 Å². The Labute approximate surface area is 169 Å². The Morgan fingerprint density at radius 2 is 1.93 bits per heavy atom. The minimum absolute atomic E-state index is 0.0516. The number of aromatic nitrogens is 1. The predicted octanol–water partition coefficient (Wildman–Crippen LogP) is 4.14. The van der Waals surface area contributed by atoms with Gasteiger partial charge in [-0.25, -0.2) is 4.39 Å². The summed E-state index contributed by atoms with van der Waals surface area (Å²) in [6, 6.07) is 11.5. The number of carbonyl (C=O) groups is 1. The van der Waals surface area contributed by atoms with Crippen molar-refractivity contribution in [3.05, 3.63) is 65.7 Å². The van der Waals surface area contributed by atoms with Crippen molar-refractivity contribution >= 4 is 5.91 Å². The molecule has 2 aromatic rings. The molecule has 1 aromatic heterocycles. The monoisotopic (exact) mass is 396 g/mol. The van der Waals surface area contributed by atoms with Gasteiger partial charge in [-0.1, -0.05) is 30.3 Å². The zero-order valence-electron chi connectivity index (χ0n) is 16.3. The average Bonchev–Trinajstić information content (AvgIpc) is 3.27. The number of carbonyl (C=O) groups excluding carboxylic acids is 1. The normalized spacial score (nSPS) is 31.4. The molecule has 29 heavy (non-hydrogen) atoms. The Balaban J connectivity index is 1.23. The van der Waals surface area contributed by atoms with E-state index < -0.39 is 5.60 Å². The molecule has 2 saturated heterocycles. The molecule has 0 bridgehead atoms. The highest BCUT2D eigenvalue weighted by Crippen LogP contribution is 2.49. The van der Waals surface area contributed by atoms with Gasteiger partial charge in [-0.2, -0.15) is 0 Å². The third kappa shape index (κ3) is 3.45. The second-order valence-electron chi connectivity index (χ2n) is 8.30. The summed E-state index contributed by atoms with van der Waals surface area (Å²) >= 11 is 0. The molecule has 1 aliphatic carbocycles. The highest BCUT2D eigenvalue weighted by atomic mass is 19.1. The lowest BCUT2D eigenvalue weighted by atomic mass is 9.82. The van der Waals surface area contributed by atoms with E-state index in [1.807, 2.05) is 23.1 Å². The van der Waals surface area contributed by atoms with Crippen molar-refractivity contribution in [3.8, 4) is 0 Å². The van der Waals surface area contributed by atoms with E-state index in [9.17, 15) is 9.18 Å². The molecule has 1 amide bonds. The average molecular weight is 396 g/mol. The zero-order valence-corrected chi connectivity index (χ0v) is 16.3. The molecule has 1 saturated carbocycles. The molecular weight excluding hydrogens is 371 g/mol. The van der Waals surface area contributed by atoms with Crippen LogP contribution < -0.4 is 0 Å². The van der Waals surface area contributed by atoms with Crippen molar-refractivity contribution < 1.29 is 18.7 Å². The summed E-state index contributed by atoms with van der Waals surface area (Å²) in [5.41, 5.74) is 1.17. The summed E-state index contributed by atoms with van der Waals surface area (Å²) in [6.45, 7) is 0.594. The van der Waals surface area contributed by atoms with Crippen LogP contribution in [0, 0.1) is 5.82 Å². The van der Waals surface area contributed by atoms with Crippen molar-refractivity contribution in [2.75, 3.05) is 0 Å². The molecule has 5 rings (SSSR count). The molecule has 1 aromatic carbocycles. The first-order valence-electron chi connectivity index (χ1n) is 10.4. The van der Waals surface area contributed by atoms with Crippen LogP contribution in [0.4, 0.5) is 4.39 Å². The maximum absolute atomic E-state index is 13.6. The highest BCUT2D eigenvalue weighted by molar-refractivity contribution is 5.88. The van der Waals surface area contributed by atoms with E-state index in [4.69, 9.17) is 9.47 Å². The number of ether oxygens (including phenoxy) is 2. The first-order valence-corrected chi connectivity index (χ1v) is 10.4. The molecule has 0 N–H and O–H groups in total. The predicted molar refractivity (Wildman–Crippen MR) is 104 cm³/mol. The van der Waals surface area contributed by atoms with Gasteiger partial charge in [-0.3, -0.25) is 9.78 Å². The molecule has 6 heteroatoms. The number of benzene rings is 1. The topological polar surface area (TPSA) is 51.7 Å². The fourth-order valence-corrected chi connectivity index (χ4v) is 5.00. The lowest BCUT2D eigenvalue weighted by Gasteiger charge is -2.35. The number of fused-ring (bicyclic) bond motifs is 1. The molecule has 2 aliphatic heterocycles. The lowest BCUT2D eigenvalue weighted by molar-refractivity contribution is -0.145. The van der Waals surface area contributed by atoms with E-state index in [1.165, 1.54) is 12.3 Å². The molecule has 5 nitrogen and oxygen atoms in total. The van der Waals surface area contributed by atoms with Gasteiger partial charge in [0.25, 0.3) is 5.91 Å². The minimum Gasteiger partial charge on any atom is -0.374 e. The summed E-state index contributed by atoms with van der Waals surface area (Å²) in [4.78, 5) is 19.2. The third-order valence-corrected chi connectivity index (χ3v) is 6.50. The largest absolute Gasteiger partial charge is 0.374 e. The Morgan fingerprint density at radius 1 is 1.14 bits per heavy atom. The van der Waals surface area contributed by atoms with Crippen LogP contribution in [-0.4, -0.2) is 33.7 Å². The number of nitrogens with zero attached hydrogens (tertiary/aromatic N) is 2. The Hall–Kier alpha value is -2.31. The molecule has 0 unspecified atom stereocenters. The molecule has 3 fully saturated rings. The van der Waals surface area contributed by atoms with Crippen LogP contribution in [0.15, 0.2) is 48.8 Å². The molecule has 0 radical (unpaired) electrons. The van der Waals surface area contributed by atoms with Crippen molar-refractivity contribution in [2.45, 2.75) is 69.1 Å². The second-order valence-corrected chi connectivity index (χ2v) is 8.30. The van der Waals surface area contributed by atoms with Gasteiger partial charge >= 0.3 is 0 Å². The van der Waals surface area contributed by atoms with Gasteiger partial charge in [0.1, 0.15) is 17.6 Å². The fourth-order valence-electron chi connectivity index (χ4n) is 5.00. The van der Waals surface area contributed by atoms with Crippen LogP contribution in [0.25, 0.3) is 0 Å². The van der Waals surface area contributed by atoms with Crippen LogP contribution >= 0.6 is 0 Å². The van der Waals surface area contributed by atoms with Gasteiger partial charge < -0.3 is 14.4 Å². The maximum atomic E-state index is 13.6. The van der Waals surface area contributed by atoms with E-state index in [2.05, 4.69) is 17.1 Å². The van der Waals surface area contributed by atoms with Crippen LogP contribution in [0.1, 0.15) is 55.7 Å². The van der Waals surface area contributed by atoms with Crippen LogP contribution in [0.2, 0.25) is 0 Å². The molecule has 3 heterocycles. The van der Waals surface area contributed by atoms with Gasteiger partial charge in [-0.15, -0.1) is 0 Å². The number of halogens is 1. The lowest BCUT2D eigenvalue weighted by Crippen LogP contribution is -2.45. The van der Waals surface area contributed by atoms with E-state index in [0.29, 0.717) is 19.4 Å².